The standard InChI is InChI=1S/C11H14N2O2S/c1-3-15-10(14)8-6-4-5-7(2)9(8)13-11(12)16/h4-6H,3H2,1-2H3,(H3,12,13,16). The van der Waals surface area contributed by atoms with Crippen LogP contribution in [0.2, 0.25) is 0 Å². The lowest BCUT2D eigenvalue weighted by molar-refractivity contribution is 0.0527. The van der Waals surface area contributed by atoms with Gasteiger partial charge in [-0.3, -0.25) is 0 Å². The molecule has 1 rings (SSSR count). The summed E-state index contributed by atoms with van der Waals surface area (Å²) in [6.07, 6.45) is 0. The molecule has 1 aromatic rings. The summed E-state index contributed by atoms with van der Waals surface area (Å²) in [6.45, 7) is 3.96. The summed E-state index contributed by atoms with van der Waals surface area (Å²) in [5.74, 6) is -0.384. The molecule has 86 valence electrons. The molecule has 0 aliphatic rings. The Hall–Kier alpha value is -1.62. The molecule has 5 heteroatoms. The van der Waals surface area contributed by atoms with Gasteiger partial charge in [0.05, 0.1) is 17.9 Å². The Balaban J connectivity index is 3.11. The third-order valence-electron chi connectivity index (χ3n) is 2.02. The van der Waals surface area contributed by atoms with Crippen molar-refractivity contribution in [3.8, 4) is 0 Å². The monoisotopic (exact) mass is 238 g/mol. The van der Waals surface area contributed by atoms with E-state index in [-0.39, 0.29) is 11.1 Å². The molecule has 0 saturated heterocycles. The second kappa shape index (κ2) is 5.46. The number of thiocarbonyl (C=S) groups is 1. The average molecular weight is 238 g/mol. The van der Waals surface area contributed by atoms with Crippen LogP contribution in [0.4, 0.5) is 5.69 Å². The summed E-state index contributed by atoms with van der Waals surface area (Å²) in [6, 6.07) is 5.32. The van der Waals surface area contributed by atoms with Gasteiger partial charge in [0.2, 0.25) is 0 Å². The fourth-order valence-corrected chi connectivity index (χ4v) is 1.44. The van der Waals surface area contributed by atoms with Crippen molar-refractivity contribution in [2.45, 2.75) is 13.8 Å². The first kappa shape index (κ1) is 12.4. The molecule has 1 aromatic carbocycles. The Morgan fingerprint density at radius 2 is 2.25 bits per heavy atom. The lowest BCUT2D eigenvalue weighted by Gasteiger charge is -2.12. The molecular weight excluding hydrogens is 224 g/mol. The number of carbonyl (C=O) groups is 1. The summed E-state index contributed by atoms with van der Waals surface area (Å²) in [5, 5.41) is 2.91. The normalized spacial score (nSPS) is 9.62. The second-order valence-corrected chi connectivity index (χ2v) is 3.65. The van der Waals surface area contributed by atoms with Crippen LogP contribution in [-0.2, 0) is 4.74 Å². The first-order valence-electron chi connectivity index (χ1n) is 4.89. The molecule has 0 spiro atoms. The maximum absolute atomic E-state index is 11.7. The van der Waals surface area contributed by atoms with Gasteiger partial charge in [-0.2, -0.15) is 0 Å². The SMILES string of the molecule is CCOC(=O)c1cccc(C)c1NC(N)=S. The minimum Gasteiger partial charge on any atom is -0.462 e. The molecule has 0 unspecified atom stereocenters. The third kappa shape index (κ3) is 2.93. The maximum Gasteiger partial charge on any atom is 0.340 e. The Morgan fingerprint density at radius 1 is 1.56 bits per heavy atom. The van der Waals surface area contributed by atoms with Crippen LogP contribution in [0.15, 0.2) is 18.2 Å². The smallest absolute Gasteiger partial charge is 0.340 e. The van der Waals surface area contributed by atoms with Crippen molar-refractivity contribution in [2.75, 3.05) is 11.9 Å². The predicted molar refractivity (Wildman–Crippen MR) is 67.5 cm³/mol. The number of esters is 1. The van der Waals surface area contributed by atoms with Crippen molar-refractivity contribution in [2.24, 2.45) is 5.73 Å². The fourth-order valence-electron chi connectivity index (χ4n) is 1.34. The van der Waals surface area contributed by atoms with Crippen LogP contribution in [0.25, 0.3) is 0 Å². The highest BCUT2D eigenvalue weighted by Crippen LogP contribution is 2.21. The highest BCUT2D eigenvalue weighted by molar-refractivity contribution is 7.80. The van der Waals surface area contributed by atoms with E-state index < -0.39 is 0 Å². The molecule has 0 saturated carbocycles. The van der Waals surface area contributed by atoms with Crippen LogP contribution in [0, 0.1) is 6.92 Å². The first-order valence-corrected chi connectivity index (χ1v) is 5.30. The van der Waals surface area contributed by atoms with Gasteiger partial charge in [-0.1, -0.05) is 12.1 Å². The van der Waals surface area contributed by atoms with Crippen LogP contribution in [0.3, 0.4) is 0 Å². The number of aryl methyl sites for hydroxylation is 1. The first-order chi connectivity index (χ1) is 7.56. The van der Waals surface area contributed by atoms with Crippen molar-refractivity contribution in [3.05, 3.63) is 29.3 Å². The molecule has 16 heavy (non-hydrogen) atoms. The van der Waals surface area contributed by atoms with Gasteiger partial charge in [0.15, 0.2) is 5.11 Å². The van der Waals surface area contributed by atoms with Gasteiger partial charge in [0.25, 0.3) is 0 Å². The maximum atomic E-state index is 11.7. The molecule has 3 N–H and O–H groups in total. The molecule has 0 bridgehead atoms. The molecule has 0 radical (unpaired) electrons. The van der Waals surface area contributed by atoms with E-state index in [0.29, 0.717) is 17.9 Å². The number of nitrogens with two attached hydrogens (primary N) is 1. The van der Waals surface area contributed by atoms with Gasteiger partial charge in [-0.05, 0) is 37.7 Å². The van der Waals surface area contributed by atoms with Gasteiger partial charge in [0, 0.05) is 0 Å². The van der Waals surface area contributed by atoms with Crippen LogP contribution in [0.1, 0.15) is 22.8 Å². The number of rotatable bonds is 3. The lowest BCUT2D eigenvalue weighted by Crippen LogP contribution is -2.22. The van der Waals surface area contributed by atoms with E-state index in [9.17, 15) is 4.79 Å². The average Bonchev–Trinajstić information content (AvgIpc) is 2.20. The number of hydrogen-bond acceptors (Lipinski definition) is 3. The van der Waals surface area contributed by atoms with Crippen molar-refractivity contribution >= 4 is 29.0 Å². The largest absolute Gasteiger partial charge is 0.462 e. The Labute approximate surface area is 99.8 Å². The number of carbonyl (C=O) groups excluding carboxylic acids is 1. The lowest BCUT2D eigenvalue weighted by atomic mass is 10.1. The van der Waals surface area contributed by atoms with Gasteiger partial charge < -0.3 is 15.8 Å². The molecule has 0 atom stereocenters. The zero-order valence-corrected chi connectivity index (χ0v) is 10.1. The molecule has 0 heterocycles. The van der Waals surface area contributed by atoms with Crippen molar-refractivity contribution < 1.29 is 9.53 Å². The Bertz CT molecular complexity index is 418. The Kier molecular flexibility index (Phi) is 4.25. The number of para-hydroxylation sites is 1. The van der Waals surface area contributed by atoms with Gasteiger partial charge >= 0.3 is 5.97 Å². The highest BCUT2D eigenvalue weighted by atomic mass is 32.1. The zero-order valence-electron chi connectivity index (χ0n) is 9.24. The van der Waals surface area contributed by atoms with E-state index in [1.807, 2.05) is 13.0 Å². The topological polar surface area (TPSA) is 64.3 Å². The van der Waals surface area contributed by atoms with E-state index in [1.54, 1.807) is 19.1 Å². The predicted octanol–water partition coefficient (Wildman–Crippen LogP) is 1.83. The van der Waals surface area contributed by atoms with Crippen molar-refractivity contribution in [1.82, 2.24) is 0 Å². The van der Waals surface area contributed by atoms with E-state index in [1.165, 1.54) is 0 Å². The quantitative estimate of drug-likeness (QED) is 0.621. The van der Waals surface area contributed by atoms with Gasteiger partial charge in [-0.25, -0.2) is 4.79 Å². The number of ether oxygens (including phenoxy) is 1. The van der Waals surface area contributed by atoms with Crippen LogP contribution < -0.4 is 11.1 Å². The van der Waals surface area contributed by atoms with E-state index in [4.69, 9.17) is 22.7 Å². The minimum absolute atomic E-state index is 0.125. The number of hydrogen-bond donors (Lipinski definition) is 2. The van der Waals surface area contributed by atoms with Crippen LogP contribution in [-0.4, -0.2) is 17.7 Å². The summed E-state index contributed by atoms with van der Waals surface area (Å²) in [5.41, 5.74) is 7.34. The molecule has 0 fully saturated rings. The van der Waals surface area contributed by atoms with Crippen molar-refractivity contribution in [3.63, 3.8) is 0 Å². The number of benzene rings is 1. The molecule has 0 aliphatic carbocycles. The summed E-state index contributed by atoms with van der Waals surface area (Å²) < 4.78 is 4.94. The van der Waals surface area contributed by atoms with Crippen LogP contribution in [0.5, 0.6) is 0 Å². The fraction of sp³-hybridized carbons (Fsp3) is 0.273. The molecule has 0 aliphatic heterocycles. The molecule has 4 nitrogen and oxygen atoms in total. The summed E-state index contributed by atoms with van der Waals surface area (Å²) in [4.78, 5) is 11.7. The molecular formula is C11H14N2O2S. The summed E-state index contributed by atoms with van der Waals surface area (Å²) in [7, 11) is 0. The second-order valence-electron chi connectivity index (χ2n) is 3.21. The van der Waals surface area contributed by atoms with Gasteiger partial charge in [0.1, 0.15) is 0 Å². The van der Waals surface area contributed by atoms with E-state index in [0.717, 1.165) is 5.56 Å². The Morgan fingerprint density at radius 3 is 2.81 bits per heavy atom. The van der Waals surface area contributed by atoms with Crippen LogP contribution >= 0.6 is 12.2 Å². The molecule has 0 aromatic heterocycles. The van der Waals surface area contributed by atoms with Gasteiger partial charge in [-0.15, -0.1) is 0 Å². The van der Waals surface area contributed by atoms with E-state index in [2.05, 4.69) is 5.32 Å². The van der Waals surface area contributed by atoms with Crippen molar-refractivity contribution in [1.29, 1.82) is 0 Å². The minimum atomic E-state index is -0.384. The number of nitrogens with one attached hydrogen (secondary N) is 1. The molecule has 0 amide bonds. The van der Waals surface area contributed by atoms with E-state index >= 15 is 0 Å². The highest BCUT2D eigenvalue weighted by Gasteiger charge is 2.14. The summed E-state index contributed by atoms with van der Waals surface area (Å²) >= 11 is 4.76. The zero-order chi connectivity index (χ0) is 12.1. The third-order valence-corrected chi connectivity index (χ3v) is 2.12. The number of anilines is 1.